The molecular weight excluding hydrogens is 282 g/mol. The van der Waals surface area contributed by atoms with Crippen molar-refractivity contribution in [3.05, 3.63) is 66.0 Å². The summed E-state index contributed by atoms with van der Waals surface area (Å²) in [4.78, 5) is 8.00. The van der Waals surface area contributed by atoms with E-state index in [9.17, 15) is 5.11 Å². The summed E-state index contributed by atoms with van der Waals surface area (Å²) < 4.78 is 6.68. The van der Waals surface area contributed by atoms with Crippen LogP contribution in [0.3, 0.4) is 0 Å². The lowest BCUT2D eigenvalue weighted by atomic mass is 10.2. The Hall–Kier alpha value is -2.64. The molecule has 1 unspecified atom stereocenters. The lowest BCUT2D eigenvalue weighted by Crippen LogP contribution is -2.03. The van der Waals surface area contributed by atoms with Crippen molar-refractivity contribution in [2.24, 2.45) is 0 Å². The average Bonchev–Trinajstić information content (AvgIpc) is 3.06. The topological polar surface area (TPSA) is 86.0 Å². The maximum atomic E-state index is 10.2. The summed E-state index contributed by atoms with van der Waals surface area (Å²) in [5, 5.41) is 18.3. The highest BCUT2D eigenvalue weighted by atomic mass is 16.5. The molecule has 3 rings (SSSR count). The van der Waals surface area contributed by atoms with Gasteiger partial charge in [-0.05, 0) is 17.7 Å². The first kappa shape index (κ1) is 14.3. The van der Waals surface area contributed by atoms with Crippen molar-refractivity contribution in [1.82, 2.24) is 25.0 Å². The van der Waals surface area contributed by atoms with Crippen LogP contribution in [-0.2, 0) is 11.3 Å². The maximum Gasteiger partial charge on any atom is 0.143 e. The number of aliphatic hydroxyl groups is 1. The summed E-state index contributed by atoms with van der Waals surface area (Å²) in [5.41, 5.74) is 2.78. The fourth-order valence-corrected chi connectivity index (χ4v) is 2.04. The Kier molecular flexibility index (Phi) is 4.17. The van der Waals surface area contributed by atoms with E-state index < -0.39 is 6.10 Å². The van der Waals surface area contributed by atoms with E-state index in [2.05, 4.69) is 20.3 Å². The molecule has 0 aliphatic carbocycles. The summed E-state index contributed by atoms with van der Waals surface area (Å²) in [6, 6.07) is 7.75. The molecule has 7 heteroatoms. The molecule has 3 aromatic rings. The van der Waals surface area contributed by atoms with Crippen molar-refractivity contribution < 1.29 is 9.84 Å². The highest BCUT2D eigenvalue weighted by Crippen LogP contribution is 2.18. The number of methoxy groups -OCH3 is 1. The van der Waals surface area contributed by atoms with E-state index in [1.54, 1.807) is 24.2 Å². The third kappa shape index (κ3) is 3.00. The molecule has 0 aliphatic heterocycles. The first-order valence-corrected chi connectivity index (χ1v) is 6.72. The van der Waals surface area contributed by atoms with Crippen molar-refractivity contribution in [2.45, 2.75) is 12.7 Å². The van der Waals surface area contributed by atoms with E-state index in [4.69, 9.17) is 4.74 Å². The number of rotatable bonds is 5. The van der Waals surface area contributed by atoms with E-state index >= 15 is 0 Å². The van der Waals surface area contributed by atoms with Crippen LogP contribution in [-0.4, -0.2) is 37.2 Å². The number of nitrogens with zero attached hydrogens (tertiary/aromatic N) is 5. The van der Waals surface area contributed by atoms with Crippen molar-refractivity contribution in [1.29, 1.82) is 0 Å². The second-order valence-corrected chi connectivity index (χ2v) is 4.72. The normalized spacial score (nSPS) is 12.3. The van der Waals surface area contributed by atoms with Crippen molar-refractivity contribution in [3.8, 4) is 5.69 Å². The van der Waals surface area contributed by atoms with Crippen molar-refractivity contribution >= 4 is 0 Å². The summed E-state index contributed by atoms with van der Waals surface area (Å²) in [7, 11) is 1.66. The highest BCUT2D eigenvalue weighted by molar-refractivity contribution is 5.34. The Morgan fingerprint density at radius 2 is 2.00 bits per heavy atom. The average molecular weight is 297 g/mol. The van der Waals surface area contributed by atoms with Crippen LogP contribution in [0.25, 0.3) is 5.69 Å². The molecule has 0 amide bonds. The number of aliphatic hydroxyl groups excluding tert-OH is 1. The molecular formula is C15H15N5O2. The van der Waals surface area contributed by atoms with Gasteiger partial charge >= 0.3 is 0 Å². The third-order valence-corrected chi connectivity index (χ3v) is 3.17. The molecule has 112 valence electrons. The second kappa shape index (κ2) is 6.42. The molecule has 0 bridgehead atoms. The summed E-state index contributed by atoms with van der Waals surface area (Å²) in [6.07, 6.45) is 5.30. The molecule has 1 aromatic carbocycles. The summed E-state index contributed by atoms with van der Waals surface area (Å²) >= 11 is 0. The number of benzene rings is 1. The van der Waals surface area contributed by atoms with E-state index in [0.29, 0.717) is 18.0 Å². The molecule has 0 saturated carbocycles. The van der Waals surface area contributed by atoms with Gasteiger partial charge in [0.1, 0.15) is 11.8 Å². The molecule has 2 heterocycles. The van der Waals surface area contributed by atoms with Gasteiger partial charge in [-0.3, -0.25) is 9.97 Å². The summed E-state index contributed by atoms with van der Waals surface area (Å²) in [5.74, 6) is 0. The molecule has 2 aromatic heterocycles. The lowest BCUT2D eigenvalue weighted by Gasteiger charge is -2.05. The van der Waals surface area contributed by atoms with Gasteiger partial charge in [-0.1, -0.05) is 17.3 Å². The maximum absolute atomic E-state index is 10.2. The standard InChI is InChI=1S/C15H15N5O2/c1-22-10-11-2-4-12(5-3-11)20-9-14(18-19-20)15(21)13-8-16-6-7-17-13/h2-9,15,21H,10H2,1H3. The van der Waals surface area contributed by atoms with Gasteiger partial charge in [0, 0.05) is 19.5 Å². The number of ether oxygens (including phenoxy) is 1. The molecule has 1 atom stereocenters. The van der Waals surface area contributed by atoms with Crippen LogP contribution in [0.4, 0.5) is 0 Å². The minimum absolute atomic E-state index is 0.418. The van der Waals surface area contributed by atoms with Crippen LogP contribution < -0.4 is 0 Å². The Balaban J connectivity index is 1.81. The minimum Gasteiger partial charge on any atom is -0.380 e. The predicted molar refractivity (Wildman–Crippen MR) is 78.2 cm³/mol. The second-order valence-electron chi connectivity index (χ2n) is 4.72. The Morgan fingerprint density at radius 1 is 1.18 bits per heavy atom. The van der Waals surface area contributed by atoms with Gasteiger partial charge in [-0.25, -0.2) is 4.68 Å². The van der Waals surface area contributed by atoms with Crippen molar-refractivity contribution in [2.75, 3.05) is 7.11 Å². The van der Waals surface area contributed by atoms with E-state index in [1.807, 2.05) is 24.3 Å². The molecule has 0 radical (unpaired) electrons. The number of hydrogen-bond donors (Lipinski definition) is 1. The van der Waals surface area contributed by atoms with E-state index in [1.165, 1.54) is 12.4 Å². The largest absolute Gasteiger partial charge is 0.380 e. The van der Waals surface area contributed by atoms with Crippen LogP contribution >= 0.6 is 0 Å². The van der Waals surface area contributed by atoms with Gasteiger partial charge in [0.15, 0.2) is 0 Å². The third-order valence-electron chi connectivity index (χ3n) is 3.17. The number of aromatic nitrogens is 5. The molecule has 0 fully saturated rings. The Morgan fingerprint density at radius 3 is 2.68 bits per heavy atom. The van der Waals surface area contributed by atoms with Gasteiger partial charge in [-0.2, -0.15) is 0 Å². The highest BCUT2D eigenvalue weighted by Gasteiger charge is 2.16. The van der Waals surface area contributed by atoms with Gasteiger partial charge in [0.2, 0.25) is 0 Å². The van der Waals surface area contributed by atoms with Crippen LogP contribution in [0, 0.1) is 0 Å². The quantitative estimate of drug-likeness (QED) is 0.763. The fraction of sp³-hybridized carbons (Fsp3) is 0.200. The van der Waals surface area contributed by atoms with Crippen LogP contribution in [0.5, 0.6) is 0 Å². The Bertz CT molecular complexity index is 727. The SMILES string of the molecule is COCc1ccc(-n2cc(C(O)c3cnccn3)nn2)cc1. The lowest BCUT2D eigenvalue weighted by molar-refractivity contribution is 0.185. The van der Waals surface area contributed by atoms with Gasteiger partial charge in [0.05, 0.1) is 30.4 Å². The van der Waals surface area contributed by atoms with Gasteiger partial charge in [-0.15, -0.1) is 5.10 Å². The zero-order valence-electron chi connectivity index (χ0n) is 12.0. The molecule has 0 aliphatic rings. The van der Waals surface area contributed by atoms with Crippen LogP contribution in [0.1, 0.15) is 23.1 Å². The van der Waals surface area contributed by atoms with E-state index in [0.717, 1.165) is 11.3 Å². The van der Waals surface area contributed by atoms with Gasteiger partial charge in [0.25, 0.3) is 0 Å². The van der Waals surface area contributed by atoms with Gasteiger partial charge < -0.3 is 9.84 Å². The monoisotopic (exact) mass is 297 g/mol. The molecule has 7 nitrogen and oxygen atoms in total. The number of hydrogen-bond acceptors (Lipinski definition) is 6. The van der Waals surface area contributed by atoms with E-state index in [-0.39, 0.29) is 0 Å². The summed E-state index contributed by atoms with van der Waals surface area (Å²) in [6.45, 7) is 0.564. The first-order chi connectivity index (χ1) is 10.8. The molecule has 22 heavy (non-hydrogen) atoms. The van der Waals surface area contributed by atoms with Crippen molar-refractivity contribution in [3.63, 3.8) is 0 Å². The molecule has 0 spiro atoms. The smallest absolute Gasteiger partial charge is 0.143 e. The zero-order valence-corrected chi connectivity index (χ0v) is 12.0. The zero-order chi connectivity index (χ0) is 15.4. The first-order valence-electron chi connectivity index (χ1n) is 6.72. The van der Waals surface area contributed by atoms with Crippen LogP contribution in [0.15, 0.2) is 49.1 Å². The molecule has 0 saturated heterocycles. The Labute approximate surface area is 127 Å². The molecule has 1 N–H and O–H groups in total. The minimum atomic E-state index is -0.949. The van der Waals surface area contributed by atoms with Crippen LogP contribution in [0.2, 0.25) is 0 Å². The predicted octanol–water partition coefficient (Wildman–Crippen LogP) is 1.29. The fourth-order valence-electron chi connectivity index (χ4n) is 2.04.